The number of allylic oxidation sites excluding steroid dienone is 1. The summed E-state index contributed by atoms with van der Waals surface area (Å²) in [6, 6.07) is 7.00. The van der Waals surface area contributed by atoms with Gasteiger partial charge in [0, 0.05) is 41.1 Å². The summed E-state index contributed by atoms with van der Waals surface area (Å²) in [5, 5.41) is 3.22. The molecule has 134 valence electrons. The topological polar surface area (TPSA) is 49.4 Å². The van der Waals surface area contributed by atoms with E-state index in [1.807, 2.05) is 0 Å². The van der Waals surface area contributed by atoms with E-state index in [1.165, 1.54) is 11.8 Å². The number of ketones is 2. The van der Waals surface area contributed by atoms with E-state index >= 15 is 0 Å². The van der Waals surface area contributed by atoms with E-state index in [0.717, 1.165) is 26.2 Å². The fourth-order valence-corrected chi connectivity index (χ4v) is 3.88. The lowest BCUT2D eigenvalue weighted by atomic mass is 9.85. The molecule has 0 spiro atoms. The molecule has 4 nitrogen and oxygen atoms in total. The number of benzene rings is 1. The highest BCUT2D eigenvalue weighted by atomic mass is 32.2. The SMILES string of the molecule is CCN(CC)CCNC(=S)SCC1=C(C)C(=O)c2ccccc2C1=O. The van der Waals surface area contributed by atoms with Gasteiger partial charge >= 0.3 is 0 Å². The van der Waals surface area contributed by atoms with Crippen LogP contribution in [0.4, 0.5) is 0 Å². The standard InChI is InChI=1S/C19H24N2O2S2/c1-4-21(5-2)11-10-20-19(24)25-12-16-13(3)17(22)14-8-6-7-9-15(14)18(16)23/h6-9H,4-5,10-12H2,1-3H3,(H,20,24). The number of carbonyl (C=O) groups is 2. The Morgan fingerprint density at radius 1 is 1.12 bits per heavy atom. The molecule has 0 bridgehead atoms. The van der Waals surface area contributed by atoms with Crippen LogP contribution in [0.2, 0.25) is 0 Å². The Bertz CT molecular complexity index is 709. The van der Waals surface area contributed by atoms with Crippen molar-refractivity contribution in [2.24, 2.45) is 0 Å². The lowest BCUT2D eigenvalue weighted by Crippen LogP contribution is -2.33. The predicted octanol–water partition coefficient (Wildman–Crippen LogP) is 3.33. The molecule has 1 aliphatic rings. The first kappa shape index (κ1) is 19.8. The van der Waals surface area contributed by atoms with Crippen molar-refractivity contribution in [2.45, 2.75) is 20.8 Å². The fraction of sp³-hybridized carbons (Fsp3) is 0.421. The van der Waals surface area contributed by atoms with Gasteiger partial charge in [0.25, 0.3) is 0 Å². The number of nitrogens with zero attached hydrogens (tertiary/aromatic N) is 1. The number of carbonyl (C=O) groups excluding carboxylic acids is 2. The summed E-state index contributed by atoms with van der Waals surface area (Å²) >= 11 is 6.75. The second-order valence-electron chi connectivity index (χ2n) is 5.84. The van der Waals surface area contributed by atoms with Crippen molar-refractivity contribution in [2.75, 3.05) is 31.9 Å². The average Bonchev–Trinajstić information content (AvgIpc) is 2.63. The van der Waals surface area contributed by atoms with Gasteiger partial charge in [0.15, 0.2) is 11.6 Å². The molecule has 0 saturated heterocycles. The highest BCUT2D eigenvalue weighted by Crippen LogP contribution is 2.28. The first-order chi connectivity index (χ1) is 12.0. The van der Waals surface area contributed by atoms with Crippen molar-refractivity contribution in [3.8, 4) is 0 Å². The summed E-state index contributed by atoms with van der Waals surface area (Å²) in [5.74, 6) is 0.291. The normalized spacial score (nSPS) is 14.1. The molecule has 0 aromatic heterocycles. The van der Waals surface area contributed by atoms with E-state index in [-0.39, 0.29) is 11.6 Å². The number of thioether (sulfide) groups is 1. The molecule has 25 heavy (non-hydrogen) atoms. The van der Waals surface area contributed by atoms with E-state index in [2.05, 4.69) is 24.1 Å². The molecule has 1 aromatic carbocycles. The molecular formula is C19H24N2O2S2. The van der Waals surface area contributed by atoms with Gasteiger partial charge in [0.2, 0.25) is 0 Å². The van der Waals surface area contributed by atoms with Gasteiger partial charge in [0.05, 0.1) is 0 Å². The second-order valence-corrected chi connectivity index (χ2v) is 7.49. The van der Waals surface area contributed by atoms with Gasteiger partial charge in [-0.15, -0.1) is 0 Å². The summed E-state index contributed by atoms with van der Waals surface area (Å²) in [7, 11) is 0. The van der Waals surface area contributed by atoms with Crippen LogP contribution in [0.1, 0.15) is 41.5 Å². The average molecular weight is 377 g/mol. The Kier molecular flexibility index (Phi) is 7.35. The quantitative estimate of drug-likeness (QED) is 0.737. The highest BCUT2D eigenvalue weighted by molar-refractivity contribution is 8.23. The highest BCUT2D eigenvalue weighted by Gasteiger charge is 2.29. The molecule has 0 fully saturated rings. The van der Waals surface area contributed by atoms with Crippen LogP contribution in [0.25, 0.3) is 0 Å². The van der Waals surface area contributed by atoms with Crippen LogP contribution < -0.4 is 5.32 Å². The minimum absolute atomic E-state index is 0.0637. The number of fused-ring (bicyclic) bond motifs is 1. The zero-order valence-corrected chi connectivity index (χ0v) is 16.6. The van der Waals surface area contributed by atoms with Gasteiger partial charge in [-0.25, -0.2) is 0 Å². The minimum Gasteiger partial charge on any atom is -0.370 e. The first-order valence-corrected chi connectivity index (χ1v) is 9.90. The Labute approximate surface area is 159 Å². The smallest absolute Gasteiger partial charge is 0.191 e. The van der Waals surface area contributed by atoms with Gasteiger partial charge in [-0.3, -0.25) is 9.59 Å². The van der Waals surface area contributed by atoms with Crippen LogP contribution in [-0.4, -0.2) is 52.7 Å². The van der Waals surface area contributed by atoms with Crippen LogP contribution in [-0.2, 0) is 0 Å². The second kappa shape index (κ2) is 9.27. The van der Waals surface area contributed by atoms with Crippen molar-refractivity contribution in [3.05, 3.63) is 46.5 Å². The van der Waals surface area contributed by atoms with Gasteiger partial charge in [-0.2, -0.15) is 0 Å². The molecule has 0 aliphatic heterocycles. The summed E-state index contributed by atoms with van der Waals surface area (Å²) < 4.78 is 0.659. The van der Waals surface area contributed by atoms with Gasteiger partial charge in [-0.05, 0) is 20.0 Å². The maximum absolute atomic E-state index is 12.7. The Hall–Kier alpha value is -1.50. The zero-order chi connectivity index (χ0) is 18.4. The number of hydrogen-bond acceptors (Lipinski definition) is 5. The van der Waals surface area contributed by atoms with Gasteiger partial charge in [-0.1, -0.05) is 62.1 Å². The van der Waals surface area contributed by atoms with E-state index in [9.17, 15) is 9.59 Å². The third-order valence-corrected chi connectivity index (χ3v) is 5.76. The maximum atomic E-state index is 12.7. The third-order valence-electron chi connectivity index (χ3n) is 4.42. The van der Waals surface area contributed by atoms with Crippen molar-refractivity contribution in [3.63, 3.8) is 0 Å². The molecule has 1 aromatic rings. The Morgan fingerprint density at radius 2 is 1.72 bits per heavy atom. The van der Waals surface area contributed by atoms with Crippen molar-refractivity contribution < 1.29 is 9.59 Å². The molecule has 0 saturated carbocycles. The summed E-state index contributed by atoms with van der Waals surface area (Å²) in [5.41, 5.74) is 2.08. The molecule has 0 amide bonds. The number of nitrogens with one attached hydrogen (secondary N) is 1. The summed E-state index contributed by atoms with van der Waals surface area (Å²) in [6.45, 7) is 9.73. The van der Waals surface area contributed by atoms with Crippen molar-refractivity contribution in [1.82, 2.24) is 10.2 Å². The summed E-state index contributed by atoms with van der Waals surface area (Å²) in [4.78, 5) is 27.4. The number of Topliss-reactive ketones (excluding diaryl/α,β-unsaturated/α-hetero) is 2. The van der Waals surface area contributed by atoms with E-state index < -0.39 is 0 Å². The van der Waals surface area contributed by atoms with Gasteiger partial charge in [0.1, 0.15) is 4.32 Å². The van der Waals surface area contributed by atoms with Crippen molar-refractivity contribution in [1.29, 1.82) is 0 Å². The zero-order valence-electron chi connectivity index (χ0n) is 14.9. The monoisotopic (exact) mass is 376 g/mol. The third kappa shape index (κ3) is 4.77. The maximum Gasteiger partial charge on any atom is 0.191 e. The first-order valence-electron chi connectivity index (χ1n) is 8.50. The number of rotatable bonds is 7. The molecule has 6 heteroatoms. The van der Waals surface area contributed by atoms with Crippen LogP contribution in [0.3, 0.4) is 0 Å². The van der Waals surface area contributed by atoms with E-state index in [0.29, 0.717) is 32.3 Å². The van der Waals surface area contributed by atoms with Crippen LogP contribution in [0.15, 0.2) is 35.4 Å². The predicted molar refractivity (Wildman–Crippen MR) is 109 cm³/mol. The lowest BCUT2D eigenvalue weighted by molar-refractivity contribution is 0.0975. The minimum atomic E-state index is -0.0638. The molecule has 0 radical (unpaired) electrons. The molecule has 2 rings (SSSR count). The summed E-state index contributed by atoms with van der Waals surface area (Å²) in [6.07, 6.45) is 0. The molecule has 0 unspecified atom stereocenters. The van der Waals surface area contributed by atoms with Gasteiger partial charge < -0.3 is 10.2 Å². The van der Waals surface area contributed by atoms with E-state index in [4.69, 9.17) is 12.2 Å². The molecular weight excluding hydrogens is 352 g/mol. The number of thiocarbonyl (C=S) groups is 1. The fourth-order valence-electron chi connectivity index (χ4n) is 2.77. The van der Waals surface area contributed by atoms with Crippen LogP contribution in [0, 0.1) is 0 Å². The number of hydrogen-bond donors (Lipinski definition) is 1. The Morgan fingerprint density at radius 3 is 2.32 bits per heavy atom. The van der Waals surface area contributed by atoms with Crippen LogP contribution in [0.5, 0.6) is 0 Å². The van der Waals surface area contributed by atoms with Crippen LogP contribution >= 0.6 is 24.0 Å². The molecule has 0 atom stereocenters. The lowest BCUT2D eigenvalue weighted by Gasteiger charge is -2.20. The number of likely N-dealkylation sites (N-methyl/N-ethyl adjacent to an activating group) is 1. The van der Waals surface area contributed by atoms with Crippen molar-refractivity contribution >= 4 is 39.9 Å². The largest absolute Gasteiger partial charge is 0.370 e. The molecule has 1 aliphatic carbocycles. The molecule has 1 N–H and O–H groups in total. The van der Waals surface area contributed by atoms with E-state index in [1.54, 1.807) is 31.2 Å². The Balaban J connectivity index is 1.94. The molecule has 0 heterocycles.